The summed E-state index contributed by atoms with van der Waals surface area (Å²) in [6.45, 7) is 0.500. The number of alkyl halides is 1. The Hall–Kier alpha value is -0.200. The lowest BCUT2D eigenvalue weighted by Gasteiger charge is -2.01. The number of hydrogen-bond donors (Lipinski definition) is 0. The summed E-state index contributed by atoms with van der Waals surface area (Å²) in [6, 6.07) is 0. The third-order valence-electron chi connectivity index (χ3n) is 0.737. The summed E-state index contributed by atoms with van der Waals surface area (Å²) in [5.41, 5.74) is 0. The van der Waals surface area contributed by atoms with Crippen LogP contribution in [0.4, 0.5) is 4.39 Å². The van der Waals surface area contributed by atoms with Crippen molar-refractivity contribution >= 4 is 10.4 Å². The maximum Gasteiger partial charge on any atom is 0.399 e. The van der Waals surface area contributed by atoms with Crippen molar-refractivity contribution in [1.29, 1.82) is 0 Å². The standard InChI is InChI=1S/C5H11FO4S/c1-2-4-9-11(7,8)10-5-3-6/h2-5H2,1H3. The van der Waals surface area contributed by atoms with Gasteiger partial charge in [-0.1, -0.05) is 6.92 Å². The van der Waals surface area contributed by atoms with E-state index in [1.54, 1.807) is 6.92 Å². The Bertz CT molecular complexity index is 163. The fourth-order valence-corrected chi connectivity index (χ4v) is 1.06. The molecule has 0 heterocycles. The molecule has 0 N–H and O–H groups in total. The van der Waals surface area contributed by atoms with E-state index in [1.165, 1.54) is 0 Å². The van der Waals surface area contributed by atoms with Gasteiger partial charge in [-0.2, -0.15) is 8.42 Å². The lowest BCUT2D eigenvalue weighted by molar-refractivity contribution is 0.201. The van der Waals surface area contributed by atoms with Crippen LogP contribution in [-0.4, -0.2) is 28.3 Å². The van der Waals surface area contributed by atoms with Gasteiger partial charge in [0.1, 0.15) is 6.67 Å². The molecule has 0 aliphatic heterocycles. The summed E-state index contributed by atoms with van der Waals surface area (Å²) < 4.78 is 40.8. The molecule has 0 saturated heterocycles. The normalized spacial score (nSPS) is 11.8. The van der Waals surface area contributed by atoms with Crippen LogP contribution in [0.1, 0.15) is 13.3 Å². The second-order valence-electron chi connectivity index (χ2n) is 1.74. The molecule has 4 nitrogen and oxygen atoms in total. The van der Waals surface area contributed by atoms with Crippen LogP contribution in [0.5, 0.6) is 0 Å². The monoisotopic (exact) mass is 186 g/mol. The molecule has 0 spiro atoms. The highest BCUT2D eigenvalue weighted by molar-refractivity contribution is 7.81. The Morgan fingerprint density at radius 3 is 2.27 bits per heavy atom. The maximum atomic E-state index is 11.4. The van der Waals surface area contributed by atoms with Gasteiger partial charge in [0.15, 0.2) is 0 Å². The van der Waals surface area contributed by atoms with Crippen molar-refractivity contribution < 1.29 is 21.2 Å². The van der Waals surface area contributed by atoms with Crippen LogP contribution in [-0.2, 0) is 18.8 Å². The Balaban J connectivity index is 3.63. The van der Waals surface area contributed by atoms with Gasteiger partial charge in [0.2, 0.25) is 0 Å². The van der Waals surface area contributed by atoms with Gasteiger partial charge in [0.05, 0.1) is 13.2 Å². The molecular weight excluding hydrogens is 175 g/mol. The molecule has 6 heteroatoms. The summed E-state index contributed by atoms with van der Waals surface area (Å²) in [6.07, 6.45) is 0.568. The first kappa shape index (κ1) is 10.8. The Kier molecular flexibility index (Phi) is 5.35. The minimum absolute atomic E-state index is 0.0641. The van der Waals surface area contributed by atoms with Gasteiger partial charge in [-0.15, -0.1) is 0 Å². The fourth-order valence-electron chi connectivity index (χ4n) is 0.353. The summed E-state index contributed by atoms with van der Waals surface area (Å²) in [5.74, 6) is 0. The molecule has 0 fully saturated rings. The smallest absolute Gasteiger partial charge is 0.249 e. The van der Waals surface area contributed by atoms with E-state index < -0.39 is 23.7 Å². The molecule has 11 heavy (non-hydrogen) atoms. The molecule has 0 atom stereocenters. The first-order valence-corrected chi connectivity index (χ1v) is 4.55. The lowest BCUT2D eigenvalue weighted by Crippen LogP contribution is -2.12. The van der Waals surface area contributed by atoms with Crippen LogP contribution in [0.25, 0.3) is 0 Å². The van der Waals surface area contributed by atoms with E-state index in [4.69, 9.17) is 0 Å². The van der Waals surface area contributed by atoms with Crippen LogP contribution in [0, 0.1) is 0 Å². The van der Waals surface area contributed by atoms with Crippen molar-refractivity contribution in [2.45, 2.75) is 13.3 Å². The van der Waals surface area contributed by atoms with E-state index in [-0.39, 0.29) is 6.61 Å². The molecular formula is C5H11FO4S. The number of rotatable bonds is 6. The average molecular weight is 186 g/mol. The highest BCUT2D eigenvalue weighted by atomic mass is 32.3. The van der Waals surface area contributed by atoms with Gasteiger partial charge < -0.3 is 0 Å². The van der Waals surface area contributed by atoms with E-state index in [2.05, 4.69) is 8.37 Å². The van der Waals surface area contributed by atoms with E-state index in [0.717, 1.165) is 0 Å². The summed E-state index contributed by atoms with van der Waals surface area (Å²) in [5, 5.41) is 0. The molecule has 0 saturated carbocycles. The van der Waals surface area contributed by atoms with Crippen molar-refractivity contribution in [1.82, 2.24) is 0 Å². The molecule has 0 aromatic carbocycles. The van der Waals surface area contributed by atoms with Crippen LogP contribution < -0.4 is 0 Å². The van der Waals surface area contributed by atoms with Crippen LogP contribution in [0.3, 0.4) is 0 Å². The minimum atomic E-state index is -3.95. The number of halogens is 1. The second-order valence-corrected chi connectivity index (χ2v) is 3.03. The van der Waals surface area contributed by atoms with E-state index >= 15 is 0 Å². The first-order valence-electron chi connectivity index (χ1n) is 3.22. The molecule has 0 rings (SSSR count). The second kappa shape index (κ2) is 5.45. The van der Waals surface area contributed by atoms with E-state index in [9.17, 15) is 12.8 Å². The van der Waals surface area contributed by atoms with Crippen LogP contribution >= 0.6 is 0 Å². The SMILES string of the molecule is CCCOS(=O)(=O)OCCF. The Labute approximate surface area is 65.6 Å². The molecule has 0 unspecified atom stereocenters. The zero-order chi connectivity index (χ0) is 8.74. The molecule has 0 amide bonds. The van der Waals surface area contributed by atoms with Crippen molar-refractivity contribution in [2.75, 3.05) is 19.9 Å². The third-order valence-corrected chi connectivity index (χ3v) is 1.65. The predicted octanol–water partition coefficient (Wildman–Crippen LogP) is 0.644. The molecule has 0 aliphatic rings. The topological polar surface area (TPSA) is 52.6 Å². The maximum absolute atomic E-state index is 11.4. The van der Waals surface area contributed by atoms with E-state index in [0.29, 0.717) is 6.42 Å². The van der Waals surface area contributed by atoms with Crippen LogP contribution in [0.2, 0.25) is 0 Å². The first-order chi connectivity index (χ1) is 5.12. The summed E-state index contributed by atoms with van der Waals surface area (Å²) in [7, 11) is -3.95. The quantitative estimate of drug-likeness (QED) is 0.611. The zero-order valence-corrected chi connectivity index (χ0v) is 7.06. The lowest BCUT2D eigenvalue weighted by atomic mass is 10.5. The van der Waals surface area contributed by atoms with Gasteiger partial charge in [0.25, 0.3) is 0 Å². The van der Waals surface area contributed by atoms with Crippen molar-refractivity contribution in [3.05, 3.63) is 0 Å². The van der Waals surface area contributed by atoms with Crippen molar-refractivity contribution in [3.63, 3.8) is 0 Å². The molecule has 0 aliphatic carbocycles. The molecule has 0 aromatic heterocycles. The van der Waals surface area contributed by atoms with Gasteiger partial charge in [-0.3, -0.25) is 0 Å². The minimum Gasteiger partial charge on any atom is -0.249 e. The highest BCUT2D eigenvalue weighted by Crippen LogP contribution is 1.96. The highest BCUT2D eigenvalue weighted by Gasteiger charge is 2.09. The van der Waals surface area contributed by atoms with Gasteiger partial charge in [0, 0.05) is 0 Å². The van der Waals surface area contributed by atoms with Gasteiger partial charge in [-0.25, -0.2) is 12.8 Å². The Morgan fingerprint density at radius 1 is 1.27 bits per heavy atom. The van der Waals surface area contributed by atoms with E-state index in [1.807, 2.05) is 0 Å². The summed E-state index contributed by atoms with van der Waals surface area (Å²) >= 11 is 0. The van der Waals surface area contributed by atoms with Crippen molar-refractivity contribution in [3.8, 4) is 0 Å². The molecule has 0 radical (unpaired) electrons. The molecule has 0 aromatic rings. The molecule has 0 bridgehead atoms. The summed E-state index contributed by atoms with van der Waals surface area (Å²) in [4.78, 5) is 0. The number of hydrogen-bond acceptors (Lipinski definition) is 4. The zero-order valence-electron chi connectivity index (χ0n) is 6.25. The predicted molar refractivity (Wildman–Crippen MR) is 37.1 cm³/mol. The van der Waals surface area contributed by atoms with Crippen molar-refractivity contribution in [2.24, 2.45) is 0 Å². The fraction of sp³-hybridized carbons (Fsp3) is 1.00. The van der Waals surface area contributed by atoms with Gasteiger partial charge in [-0.05, 0) is 6.42 Å². The van der Waals surface area contributed by atoms with Crippen LogP contribution in [0.15, 0.2) is 0 Å². The third kappa shape index (κ3) is 6.21. The average Bonchev–Trinajstić information content (AvgIpc) is 1.97. The molecule has 68 valence electrons. The largest absolute Gasteiger partial charge is 0.399 e. The Morgan fingerprint density at radius 2 is 1.82 bits per heavy atom. The van der Waals surface area contributed by atoms with Gasteiger partial charge >= 0.3 is 10.4 Å².